The van der Waals surface area contributed by atoms with Gasteiger partial charge in [0, 0.05) is 25.5 Å². The van der Waals surface area contributed by atoms with Gasteiger partial charge in [0.05, 0.1) is 0 Å². The van der Waals surface area contributed by atoms with E-state index in [1.807, 2.05) is 12.2 Å². The second-order valence-electron chi connectivity index (χ2n) is 4.72. The second kappa shape index (κ2) is 6.70. The minimum absolute atomic E-state index is 0.300. The van der Waals surface area contributed by atoms with Crippen LogP contribution in [0, 0.1) is 0 Å². The lowest BCUT2D eigenvalue weighted by atomic mass is 9.87. The molecule has 1 heterocycles. The topological polar surface area (TPSA) is 12.0 Å². The van der Waals surface area contributed by atoms with Crippen LogP contribution < -0.4 is 5.32 Å². The Morgan fingerprint density at radius 1 is 1.16 bits per heavy atom. The van der Waals surface area contributed by atoms with Gasteiger partial charge in [-0.05, 0) is 68.3 Å². The molecule has 0 saturated heterocycles. The number of hydrogen-bond donors (Lipinski definition) is 1. The summed E-state index contributed by atoms with van der Waals surface area (Å²) in [6.07, 6.45) is 6.87. The SMILES string of the molecule is C=CC[C@H]1Cc2c(Br)cc(Br)c(Br)c2[C@@H](CC=C)N1. The minimum atomic E-state index is 0.300. The van der Waals surface area contributed by atoms with E-state index < -0.39 is 0 Å². The summed E-state index contributed by atoms with van der Waals surface area (Å²) in [5, 5.41) is 3.69. The average molecular weight is 450 g/mol. The molecule has 1 N–H and O–H groups in total. The Hall–Kier alpha value is 0.1000. The fraction of sp³-hybridized carbons (Fsp3) is 0.333. The normalized spacial score (nSPS) is 21.8. The van der Waals surface area contributed by atoms with Gasteiger partial charge in [0.15, 0.2) is 0 Å². The van der Waals surface area contributed by atoms with Crippen LogP contribution in [0.4, 0.5) is 0 Å². The molecule has 0 spiro atoms. The van der Waals surface area contributed by atoms with Crippen LogP contribution in [-0.4, -0.2) is 6.04 Å². The number of halogens is 3. The molecule has 1 nitrogen and oxygen atoms in total. The Balaban J connectivity index is 2.50. The predicted octanol–water partition coefficient (Wildman–Crippen LogP) is 5.68. The van der Waals surface area contributed by atoms with Crippen molar-refractivity contribution in [2.24, 2.45) is 0 Å². The first-order valence-electron chi connectivity index (χ1n) is 6.22. The summed E-state index contributed by atoms with van der Waals surface area (Å²) < 4.78 is 3.39. The van der Waals surface area contributed by atoms with Crippen molar-refractivity contribution < 1.29 is 0 Å². The molecule has 102 valence electrons. The van der Waals surface area contributed by atoms with Crippen LogP contribution in [0.5, 0.6) is 0 Å². The molecule has 0 fully saturated rings. The molecule has 2 atom stereocenters. The van der Waals surface area contributed by atoms with E-state index in [1.165, 1.54) is 15.6 Å². The van der Waals surface area contributed by atoms with Gasteiger partial charge >= 0.3 is 0 Å². The number of nitrogens with one attached hydrogen (secondary N) is 1. The van der Waals surface area contributed by atoms with Crippen molar-refractivity contribution in [1.82, 2.24) is 5.32 Å². The number of hydrogen-bond acceptors (Lipinski definition) is 1. The highest BCUT2D eigenvalue weighted by molar-refractivity contribution is 9.13. The standard InChI is InChI=1S/C15H16Br3N/c1-3-5-9-7-10-11(16)8-12(17)15(18)14(10)13(19-9)6-4-2/h3-4,8-9,13,19H,1-2,5-7H2/t9-,13+/m0/s1. The van der Waals surface area contributed by atoms with Gasteiger partial charge in [0.25, 0.3) is 0 Å². The van der Waals surface area contributed by atoms with Crippen molar-refractivity contribution >= 4 is 47.8 Å². The highest BCUT2D eigenvalue weighted by Gasteiger charge is 2.29. The molecule has 2 rings (SSSR count). The molecule has 1 aliphatic rings. The highest BCUT2D eigenvalue weighted by Crippen LogP contribution is 2.42. The highest BCUT2D eigenvalue weighted by atomic mass is 79.9. The third-order valence-electron chi connectivity index (χ3n) is 3.40. The maximum Gasteiger partial charge on any atom is 0.0372 e. The molecule has 0 bridgehead atoms. The van der Waals surface area contributed by atoms with Crippen molar-refractivity contribution in [3.8, 4) is 0 Å². The van der Waals surface area contributed by atoms with Crippen molar-refractivity contribution in [2.45, 2.75) is 31.3 Å². The lowest BCUT2D eigenvalue weighted by Gasteiger charge is -2.34. The summed E-state index contributed by atoms with van der Waals surface area (Å²) in [4.78, 5) is 0. The average Bonchev–Trinajstić information content (AvgIpc) is 2.36. The summed E-state index contributed by atoms with van der Waals surface area (Å²) in [6.45, 7) is 7.72. The first-order valence-corrected chi connectivity index (χ1v) is 8.60. The maximum atomic E-state index is 3.87. The van der Waals surface area contributed by atoms with Crippen molar-refractivity contribution in [2.75, 3.05) is 0 Å². The lowest BCUT2D eigenvalue weighted by molar-refractivity contribution is 0.403. The zero-order chi connectivity index (χ0) is 14.0. The Morgan fingerprint density at radius 3 is 2.47 bits per heavy atom. The molecule has 1 aliphatic heterocycles. The molecule has 0 saturated carbocycles. The van der Waals surface area contributed by atoms with Crippen LogP contribution in [-0.2, 0) is 6.42 Å². The van der Waals surface area contributed by atoms with Crippen LogP contribution in [0.1, 0.15) is 30.0 Å². The van der Waals surface area contributed by atoms with E-state index in [-0.39, 0.29) is 0 Å². The van der Waals surface area contributed by atoms with Crippen LogP contribution >= 0.6 is 47.8 Å². The van der Waals surface area contributed by atoms with Gasteiger partial charge in [-0.2, -0.15) is 0 Å². The van der Waals surface area contributed by atoms with Gasteiger partial charge in [-0.25, -0.2) is 0 Å². The Labute approximate surface area is 139 Å². The molecule has 0 aromatic heterocycles. The molecule has 0 unspecified atom stereocenters. The zero-order valence-corrected chi connectivity index (χ0v) is 15.3. The molecule has 0 radical (unpaired) electrons. The van der Waals surface area contributed by atoms with Crippen molar-refractivity contribution in [3.05, 3.63) is 55.9 Å². The third-order valence-corrected chi connectivity index (χ3v) is 6.12. The predicted molar refractivity (Wildman–Crippen MR) is 92.5 cm³/mol. The first-order chi connectivity index (χ1) is 9.08. The van der Waals surface area contributed by atoms with E-state index in [9.17, 15) is 0 Å². The summed E-state index contributed by atoms with van der Waals surface area (Å²) in [5.41, 5.74) is 2.72. The molecule has 4 heteroatoms. The van der Waals surface area contributed by atoms with E-state index in [2.05, 4.69) is 72.3 Å². The van der Waals surface area contributed by atoms with E-state index in [4.69, 9.17) is 0 Å². The van der Waals surface area contributed by atoms with Gasteiger partial charge < -0.3 is 5.32 Å². The second-order valence-corrected chi connectivity index (χ2v) is 7.22. The summed E-state index contributed by atoms with van der Waals surface area (Å²) in [6, 6.07) is 2.86. The lowest BCUT2D eigenvalue weighted by Crippen LogP contribution is -2.39. The van der Waals surface area contributed by atoms with Gasteiger partial charge in [-0.1, -0.05) is 28.1 Å². The minimum Gasteiger partial charge on any atom is -0.306 e. The first kappa shape index (κ1) is 15.5. The molecule has 19 heavy (non-hydrogen) atoms. The molecule has 0 aliphatic carbocycles. The van der Waals surface area contributed by atoms with E-state index in [0.29, 0.717) is 12.1 Å². The maximum absolute atomic E-state index is 3.87. The molecule has 1 aromatic rings. The summed E-state index contributed by atoms with van der Waals surface area (Å²) >= 11 is 11.0. The van der Waals surface area contributed by atoms with Crippen molar-refractivity contribution in [3.63, 3.8) is 0 Å². The largest absolute Gasteiger partial charge is 0.306 e. The Kier molecular flexibility index (Phi) is 5.46. The van der Waals surface area contributed by atoms with Gasteiger partial charge in [-0.15, -0.1) is 13.2 Å². The number of benzene rings is 1. The fourth-order valence-electron chi connectivity index (χ4n) is 2.60. The van der Waals surface area contributed by atoms with Gasteiger partial charge in [0.1, 0.15) is 0 Å². The monoisotopic (exact) mass is 447 g/mol. The Bertz CT molecular complexity index is 511. The molecule has 1 aromatic carbocycles. The van der Waals surface area contributed by atoms with E-state index in [1.54, 1.807) is 0 Å². The van der Waals surface area contributed by atoms with Crippen molar-refractivity contribution in [1.29, 1.82) is 0 Å². The Morgan fingerprint density at radius 2 is 1.84 bits per heavy atom. The van der Waals surface area contributed by atoms with E-state index in [0.717, 1.165) is 28.2 Å². The van der Waals surface area contributed by atoms with Crippen LogP contribution in [0.25, 0.3) is 0 Å². The van der Waals surface area contributed by atoms with Gasteiger partial charge in [0.2, 0.25) is 0 Å². The number of rotatable bonds is 4. The zero-order valence-electron chi connectivity index (χ0n) is 10.6. The molecule has 0 amide bonds. The smallest absolute Gasteiger partial charge is 0.0372 e. The fourth-order valence-corrected chi connectivity index (χ4v) is 4.58. The van der Waals surface area contributed by atoms with Gasteiger partial charge in [-0.3, -0.25) is 0 Å². The summed E-state index contributed by atoms with van der Waals surface area (Å²) in [5.74, 6) is 0. The van der Waals surface area contributed by atoms with E-state index >= 15 is 0 Å². The van der Waals surface area contributed by atoms with Crippen LogP contribution in [0.3, 0.4) is 0 Å². The third kappa shape index (κ3) is 3.23. The number of fused-ring (bicyclic) bond motifs is 1. The quantitative estimate of drug-likeness (QED) is 0.460. The molecular weight excluding hydrogens is 434 g/mol. The summed E-state index contributed by atoms with van der Waals surface area (Å²) in [7, 11) is 0. The van der Waals surface area contributed by atoms with Crippen LogP contribution in [0.2, 0.25) is 0 Å². The molecular formula is C15H16Br3N. The van der Waals surface area contributed by atoms with Crippen LogP contribution in [0.15, 0.2) is 44.8 Å².